The van der Waals surface area contributed by atoms with Gasteiger partial charge in [-0.15, -0.1) is 0 Å². The van der Waals surface area contributed by atoms with Crippen molar-refractivity contribution in [3.63, 3.8) is 0 Å². The second kappa shape index (κ2) is 34.0. The van der Waals surface area contributed by atoms with Crippen molar-refractivity contribution in [1.29, 1.82) is 0 Å². The number of fused-ring (bicyclic) bond motifs is 15. The highest BCUT2D eigenvalue weighted by molar-refractivity contribution is 6.22. The van der Waals surface area contributed by atoms with E-state index in [2.05, 4.69) is 469 Å². The van der Waals surface area contributed by atoms with Crippen molar-refractivity contribution in [3.05, 3.63) is 484 Å². The molecule has 0 bridgehead atoms. The molecule has 0 saturated carbocycles. The fraction of sp³-hybridized carbons (Fsp3) is 0.0233. The van der Waals surface area contributed by atoms with Gasteiger partial charge in [-0.3, -0.25) is 0 Å². The van der Waals surface area contributed by atoms with Gasteiger partial charge in [0.15, 0.2) is 34.9 Å². The Kier molecular flexibility index (Phi) is 20.1. The van der Waals surface area contributed by atoms with Crippen LogP contribution in [0, 0.1) is 0 Å². The number of aromatic nitrogens is 8. The van der Waals surface area contributed by atoms with Crippen LogP contribution in [0.2, 0.25) is 0 Å². The summed E-state index contributed by atoms with van der Waals surface area (Å²) in [4.78, 5) is 42.5. The SMILES string of the molecule is CC1(C)c2ccccc2-c2ccc(-c3ccc(-c4nc(-c5ccccc5)nc(-c5cccc(-c6cccc7c6nc(-c6ccccc6)c6cccc(-c8ccccc8)c67)c5)n4)cc3)cc21.c1ccc(-c2nc3c(-c4cccc(-c5nc(-c6ccc(-c7cc8ccccc8c8ccccc78)cc6)nc(-c6cc7ccccc7c7ccccc67)n5)c4)cccc3c3c(-c4ccccc4)cccc23)cc1. The molecule has 0 unspecified atom stereocenters. The Morgan fingerprint density at radius 3 is 0.927 bits per heavy atom. The topological polar surface area (TPSA) is 103 Å². The van der Waals surface area contributed by atoms with E-state index in [0.717, 1.165) is 138 Å². The Morgan fingerprint density at radius 2 is 0.445 bits per heavy atom. The molecule has 8 heteroatoms. The third-order valence-corrected chi connectivity index (χ3v) is 27.4. The Morgan fingerprint density at radius 1 is 0.146 bits per heavy atom. The summed E-state index contributed by atoms with van der Waals surface area (Å²) in [5, 5.41) is 16.3. The number of benzene rings is 21. The molecule has 137 heavy (non-hydrogen) atoms. The van der Waals surface area contributed by atoms with Crippen LogP contribution in [0.15, 0.2) is 473 Å². The lowest BCUT2D eigenvalue weighted by Crippen LogP contribution is -2.14. The summed E-state index contributed by atoms with van der Waals surface area (Å²) in [6.07, 6.45) is 0. The second-order valence-electron chi connectivity index (χ2n) is 35.9. The molecule has 0 aliphatic heterocycles. The lowest BCUT2D eigenvalue weighted by Gasteiger charge is -2.22. The van der Waals surface area contributed by atoms with Gasteiger partial charge < -0.3 is 0 Å². The van der Waals surface area contributed by atoms with E-state index in [1.54, 1.807) is 0 Å². The molecule has 640 valence electrons. The van der Waals surface area contributed by atoms with Crippen LogP contribution in [-0.2, 0) is 5.41 Å². The van der Waals surface area contributed by atoms with Crippen molar-refractivity contribution in [2.75, 3.05) is 0 Å². The number of hydrogen-bond acceptors (Lipinski definition) is 8. The van der Waals surface area contributed by atoms with Crippen molar-refractivity contribution in [2.45, 2.75) is 19.3 Å². The van der Waals surface area contributed by atoms with Crippen molar-refractivity contribution in [2.24, 2.45) is 0 Å². The molecule has 1 aliphatic rings. The number of hydrogen-bond donors (Lipinski definition) is 0. The zero-order valence-electron chi connectivity index (χ0n) is 75.1. The molecule has 0 fully saturated rings. The van der Waals surface area contributed by atoms with Gasteiger partial charge in [-0.05, 0) is 151 Å². The van der Waals surface area contributed by atoms with Crippen molar-refractivity contribution >= 4 is 86.4 Å². The quantitative estimate of drug-likeness (QED) is 0.0992. The molecule has 0 amide bonds. The molecule has 8 nitrogen and oxygen atoms in total. The first kappa shape index (κ1) is 81.0. The molecule has 1 aliphatic carbocycles. The lowest BCUT2D eigenvalue weighted by molar-refractivity contribution is 0.660. The molecule has 26 rings (SSSR count). The summed E-state index contributed by atoms with van der Waals surface area (Å²) in [5.41, 5.74) is 30.2. The standard InChI is InChI=1S/C68H42N4.C61H42N4/c1-3-18-43(19-4-1)53-32-16-34-59-63(53)60-35-17-33-54(65(60)69-64(59)45-20-5-2-6-21-45)47-24-15-25-50(40-47)67-70-66(71-68(72-67)62-42-49-23-8-10-27-52(49)56-29-12-14-31-58(56)62)46-38-36-44(37-39-46)61-41-48-22-7-9-26-51(48)55-28-11-13-30-57(55)61;1-61(2)53-30-13-12-25-49(53)50-36-35-44(38-54(50)61)39-31-33-43(34-32-39)59-63-58(42-21-10-5-11-22-42)64-60(65-59)46-24-14-23-45(37-46)48-27-16-29-52-55-47(40-17-6-3-7-18-40)26-15-28-51(55)56(62-57(48)52)41-19-8-4-9-20-41/h1-42H;3-38H,1-2H3. The highest BCUT2D eigenvalue weighted by Gasteiger charge is 2.36. The van der Waals surface area contributed by atoms with Gasteiger partial charge in [0.1, 0.15) is 0 Å². The summed E-state index contributed by atoms with van der Waals surface area (Å²) in [6.45, 7) is 4.65. The summed E-state index contributed by atoms with van der Waals surface area (Å²) in [6, 6.07) is 168. The molecule has 4 aromatic heterocycles. The predicted octanol–water partition coefficient (Wildman–Crippen LogP) is 33.4. The monoisotopic (exact) mass is 1740 g/mol. The van der Waals surface area contributed by atoms with E-state index in [9.17, 15) is 0 Å². The van der Waals surface area contributed by atoms with E-state index in [0.29, 0.717) is 34.9 Å². The molecule has 21 aromatic carbocycles. The smallest absolute Gasteiger partial charge is 0.164 e. The van der Waals surface area contributed by atoms with Gasteiger partial charge in [-0.25, -0.2) is 39.9 Å². The Bertz CT molecular complexity index is 9080. The normalized spacial score (nSPS) is 12.1. The largest absolute Gasteiger partial charge is 0.246 e. The summed E-state index contributed by atoms with van der Waals surface area (Å²) >= 11 is 0. The highest BCUT2D eigenvalue weighted by atomic mass is 15.0. The number of pyridine rings is 2. The molecule has 25 aromatic rings. The fourth-order valence-corrected chi connectivity index (χ4v) is 20.8. The first-order valence-corrected chi connectivity index (χ1v) is 46.7. The van der Waals surface area contributed by atoms with Gasteiger partial charge in [0.05, 0.1) is 22.4 Å². The van der Waals surface area contributed by atoms with Gasteiger partial charge in [-0.2, -0.15) is 0 Å². The maximum absolute atomic E-state index is 5.57. The van der Waals surface area contributed by atoms with E-state index >= 15 is 0 Å². The van der Waals surface area contributed by atoms with E-state index in [1.165, 1.54) is 93.3 Å². The van der Waals surface area contributed by atoms with Crippen molar-refractivity contribution in [3.8, 4) is 169 Å². The van der Waals surface area contributed by atoms with E-state index in [-0.39, 0.29) is 5.41 Å². The maximum atomic E-state index is 5.57. The van der Waals surface area contributed by atoms with Crippen LogP contribution in [0.4, 0.5) is 0 Å². The minimum atomic E-state index is -0.0657. The first-order valence-electron chi connectivity index (χ1n) is 46.7. The van der Waals surface area contributed by atoms with Crippen LogP contribution in [0.1, 0.15) is 25.0 Å². The zero-order valence-corrected chi connectivity index (χ0v) is 75.1. The zero-order chi connectivity index (χ0) is 91.0. The first-order chi connectivity index (χ1) is 67.7. The van der Waals surface area contributed by atoms with Gasteiger partial charge in [0, 0.05) is 93.4 Å². The minimum absolute atomic E-state index is 0.0657. The third-order valence-electron chi connectivity index (χ3n) is 27.4. The maximum Gasteiger partial charge on any atom is 0.164 e. The van der Waals surface area contributed by atoms with E-state index in [4.69, 9.17) is 39.9 Å². The van der Waals surface area contributed by atoms with Crippen molar-refractivity contribution < 1.29 is 0 Å². The second-order valence-corrected chi connectivity index (χ2v) is 35.9. The molecule has 0 N–H and O–H groups in total. The molecule has 0 saturated heterocycles. The molecule has 4 heterocycles. The Balaban J connectivity index is 0.000000146. The van der Waals surface area contributed by atoms with Gasteiger partial charge in [-0.1, -0.05) is 457 Å². The molecular formula is C129H84N8. The van der Waals surface area contributed by atoms with Crippen LogP contribution in [0.5, 0.6) is 0 Å². The van der Waals surface area contributed by atoms with Crippen LogP contribution >= 0.6 is 0 Å². The van der Waals surface area contributed by atoms with Crippen molar-refractivity contribution in [1.82, 2.24) is 39.9 Å². The fourth-order valence-electron chi connectivity index (χ4n) is 20.8. The summed E-state index contributed by atoms with van der Waals surface area (Å²) in [5.74, 6) is 3.66. The van der Waals surface area contributed by atoms with Crippen LogP contribution in [0.3, 0.4) is 0 Å². The average molecular weight is 1750 g/mol. The number of rotatable bonds is 14. The highest BCUT2D eigenvalue weighted by Crippen LogP contribution is 2.51. The molecule has 0 radical (unpaired) electrons. The Hall–Kier alpha value is -18.0. The Labute approximate surface area is 793 Å². The summed E-state index contributed by atoms with van der Waals surface area (Å²) in [7, 11) is 0. The van der Waals surface area contributed by atoms with E-state index < -0.39 is 0 Å². The average Bonchev–Trinajstić information content (AvgIpc) is 1.56. The van der Waals surface area contributed by atoms with Gasteiger partial charge >= 0.3 is 0 Å². The molecular weight excluding hydrogens is 1660 g/mol. The van der Waals surface area contributed by atoms with E-state index in [1.807, 2.05) is 18.2 Å². The summed E-state index contributed by atoms with van der Waals surface area (Å²) < 4.78 is 0. The minimum Gasteiger partial charge on any atom is -0.246 e. The van der Waals surface area contributed by atoms with Crippen LogP contribution in [-0.4, -0.2) is 39.9 Å². The van der Waals surface area contributed by atoms with Crippen LogP contribution in [0.25, 0.3) is 255 Å². The lowest BCUT2D eigenvalue weighted by atomic mass is 9.81. The third kappa shape index (κ3) is 14.6. The molecule has 0 atom stereocenters. The molecule has 0 spiro atoms. The van der Waals surface area contributed by atoms with Crippen LogP contribution < -0.4 is 0 Å². The number of nitrogens with zero attached hydrogens (tertiary/aromatic N) is 8. The van der Waals surface area contributed by atoms with Gasteiger partial charge in [0.25, 0.3) is 0 Å². The van der Waals surface area contributed by atoms with Gasteiger partial charge in [0.2, 0.25) is 0 Å². The predicted molar refractivity (Wildman–Crippen MR) is 569 cm³/mol. The number of para-hydroxylation sites is 2.